The number of esters is 1. The van der Waals surface area contributed by atoms with E-state index in [1.807, 2.05) is 0 Å². The first kappa shape index (κ1) is 12.8. The molecular formula is C11H19NO4. The van der Waals surface area contributed by atoms with E-state index in [-0.39, 0.29) is 24.0 Å². The summed E-state index contributed by atoms with van der Waals surface area (Å²) in [5, 5.41) is 2.66. The second kappa shape index (κ2) is 4.31. The minimum atomic E-state index is -0.542. The maximum absolute atomic E-state index is 11.5. The van der Waals surface area contributed by atoms with Crippen LogP contribution in [0.5, 0.6) is 0 Å². The van der Waals surface area contributed by atoms with Crippen molar-refractivity contribution in [3.63, 3.8) is 0 Å². The molecule has 92 valence electrons. The molecule has 1 aliphatic heterocycles. The molecule has 1 aliphatic rings. The summed E-state index contributed by atoms with van der Waals surface area (Å²) in [4.78, 5) is 22.8. The Kier molecular flexibility index (Phi) is 3.45. The van der Waals surface area contributed by atoms with Crippen LogP contribution < -0.4 is 5.32 Å². The molecule has 1 N–H and O–H groups in total. The lowest BCUT2D eigenvalue weighted by Crippen LogP contribution is -2.45. The Labute approximate surface area is 95.5 Å². The number of rotatable bonds is 1. The Hall–Kier alpha value is -1.26. The number of hydrogen-bond acceptors (Lipinski definition) is 4. The van der Waals surface area contributed by atoms with Gasteiger partial charge in [0, 0.05) is 0 Å². The van der Waals surface area contributed by atoms with Gasteiger partial charge in [0.05, 0.1) is 12.0 Å². The van der Waals surface area contributed by atoms with Crippen LogP contribution in [-0.2, 0) is 14.3 Å². The molecule has 0 aromatic heterocycles. The molecule has 1 fully saturated rings. The van der Waals surface area contributed by atoms with Crippen molar-refractivity contribution < 1.29 is 19.1 Å². The molecule has 16 heavy (non-hydrogen) atoms. The van der Waals surface area contributed by atoms with E-state index in [0.29, 0.717) is 0 Å². The van der Waals surface area contributed by atoms with E-state index in [9.17, 15) is 9.59 Å². The smallest absolute Gasteiger partial charge is 0.408 e. The zero-order chi connectivity index (χ0) is 12.5. The number of alkyl carbamates (subject to hydrolysis) is 1. The van der Waals surface area contributed by atoms with Gasteiger partial charge in [-0.1, -0.05) is 0 Å². The van der Waals surface area contributed by atoms with E-state index in [2.05, 4.69) is 5.32 Å². The summed E-state index contributed by atoms with van der Waals surface area (Å²) < 4.78 is 10.1. The fourth-order valence-corrected chi connectivity index (χ4v) is 1.60. The maximum atomic E-state index is 11.5. The Balaban J connectivity index is 2.54. The molecule has 1 rings (SSSR count). The molecule has 0 aromatic rings. The number of hydrogen-bond donors (Lipinski definition) is 1. The van der Waals surface area contributed by atoms with Crippen LogP contribution in [0.3, 0.4) is 0 Å². The Morgan fingerprint density at radius 2 is 1.94 bits per heavy atom. The van der Waals surface area contributed by atoms with Gasteiger partial charge in [0.2, 0.25) is 0 Å². The van der Waals surface area contributed by atoms with Gasteiger partial charge >= 0.3 is 12.1 Å². The molecule has 0 spiro atoms. The van der Waals surface area contributed by atoms with Gasteiger partial charge in [-0.3, -0.25) is 4.79 Å². The zero-order valence-electron chi connectivity index (χ0n) is 10.4. The van der Waals surface area contributed by atoms with E-state index in [1.54, 1.807) is 34.6 Å². The second-order valence-electron chi connectivity index (χ2n) is 5.10. The molecule has 1 heterocycles. The van der Waals surface area contributed by atoms with Gasteiger partial charge in [-0.2, -0.15) is 0 Å². The minimum Gasteiger partial charge on any atom is -0.460 e. The molecule has 0 radical (unpaired) electrons. The first-order chi connectivity index (χ1) is 7.20. The van der Waals surface area contributed by atoms with Crippen LogP contribution in [0, 0.1) is 5.92 Å². The van der Waals surface area contributed by atoms with Gasteiger partial charge in [0.25, 0.3) is 0 Å². The molecule has 5 nitrogen and oxygen atoms in total. The van der Waals surface area contributed by atoms with Crippen molar-refractivity contribution in [2.24, 2.45) is 5.92 Å². The molecule has 3 atom stereocenters. The number of ether oxygens (including phenoxy) is 2. The predicted octanol–water partition coefficient (Wildman–Crippen LogP) is 1.46. The quantitative estimate of drug-likeness (QED) is 0.691. The van der Waals surface area contributed by atoms with Crippen LogP contribution in [0.1, 0.15) is 34.6 Å². The van der Waals surface area contributed by atoms with Gasteiger partial charge in [-0.15, -0.1) is 0 Å². The molecule has 0 saturated carbocycles. The van der Waals surface area contributed by atoms with Gasteiger partial charge in [-0.05, 0) is 34.6 Å². The standard InChI is InChI=1S/C11H19NO4/c1-6-8(7(2)15-9(6)13)12-10(14)16-11(3,4)5/h6-8H,1-5H3,(H,12,14). The third kappa shape index (κ3) is 3.12. The van der Waals surface area contributed by atoms with Crippen molar-refractivity contribution >= 4 is 12.1 Å². The average molecular weight is 229 g/mol. The summed E-state index contributed by atoms with van der Waals surface area (Å²) in [5.74, 6) is -0.615. The van der Waals surface area contributed by atoms with Gasteiger partial charge in [0.15, 0.2) is 0 Å². The largest absolute Gasteiger partial charge is 0.460 e. The Morgan fingerprint density at radius 3 is 2.31 bits per heavy atom. The first-order valence-corrected chi connectivity index (χ1v) is 5.41. The predicted molar refractivity (Wildman–Crippen MR) is 57.9 cm³/mol. The summed E-state index contributed by atoms with van der Waals surface area (Å²) in [6.45, 7) is 8.85. The molecule has 1 amide bonds. The average Bonchev–Trinajstić information content (AvgIpc) is 2.29. The van der Waals surface area contributed by atoms with Crippen molar-refractivity contribution in [1.29, 1.82) is 0 Å². The molecule has 3 unspecified atom stereocenters. The highest BCUT2D eigenvalue weighted by Gasteiger charge is 2.40. The SMILES string of the molecule is CC1OC(=O)C(C)C1NC(=O)OC(C)(C)C. The Bertz CT molecular complexity index is 295. The summed E-state index contributed by atoms with van der Waals surface area (Å²) >= 11 is 0. The van der Waals surface area contributed by atoms with Crippen molar-refractivity contribution in [1.82, 2.24) is 5.32 Å². The van der Waals surface area contributed by atoms with Crippen LogP contribution in [0.15, 0.2) is 0 Å². The number of amides is 1. The van der Waals surface area contributed by atoms with E-state index in [4.69, 9.17) is 9.47 Å². The molecule has 1 saturated heterocycles. The maximum Gasteiger partial charge on any atom is 0.408 e. The highest BCUT2D eigenvalue weighted by Crippen LogP contribution is 2.21. The van der Waals surface area contributed by atoms with E-state index in [0.717, 1.165) is 0 Å². The molecule has 0 bridgehead atoms. The summed E-state index contributed by atoms with van der Waals surface area (Å²) in [7, 11) is 0. The lowest BCUT2D eigenvalue weighted by Gasteiger charge is -2.23. The molecule has 0 aromatic carbocycles. The summed E-state index contributed by atoms with van der Waals surface area (Å²) in [6.07, 6.45) is -0.829. The van der Waals surface area contributed by atoms with Crippen molar-refractivity contribution in [3.8, 4) is 0 Å². The number of carbonyl (C=O) groups is 2. The fourth-order valence-electron chi connectivity index (χ4n) is 1.60. The Morgan fingerprint density at radius 1 is 1.38 bits per heavy atom. The minimum absolute atomic E-state index is 0.284. The summed E-state index contributed by atoms with van der Waals surface area (Å²) in [5.41, 5.74) is -0.542. The van der Waals surface area contributed by atoms with Gasteiger partial charge in [-0.25, -0.2) is 4.79 Å². The van der Waals surface area contributed by atoms with Crippen molar-refractivity contribution in [2.45, 2.75) is 52.4 Å². The van der Waals surface area contributed by atoms with Gasteiger partial charge < -0.3 is 14.8 Å². The van der Waals surface area contributed by atoms with E-state index >= 15 is 0 Å². The van der Waals surface area contributed by atoms with Gasteiger partial charge in [0.1, 0.15) is 11.7 Å². The lowest BCUT2D eigenvalue weighted by atomic mass is 10.0. The number of cyclic esters (lactones) is 1. The highest BCUT2D eigenvalue weighted by atomic mass is 16.6. The molecular weight excluding hydrogens is 210 g/mol. The van der Waals surface area contributed by atoms with Crippen LogP contribution in [-0.4, -0.2) is 29.8 Å². The first-order valence-electron chi connectivity index (χ1n) is 5.41. The molecule has 5 heteroatoms. The number of nitrogens with one attached hydrogen (secondary N) is 1. The lowest BCUT2D eigenvalue weighted by molar-refractivity contribution is -0.143. The van der Waals surface area contributed by atoms with Crippen molar-refractivity contribution in [3.05, 3.63) is 0 Å². The molecule has 0 aliphatic carbocycles. The van der Waals surface area contributed by atoms with Crippen LogP contribution in [0.25, 0.3) is 0 Å². The van der Waals surface area contributed by atoms with E-state index in [1.165, 1.54) is 0 Å². The summed E-state index contributed by atoms with van der Waals surface area (Å²) in [6, 6.07) is -0.317. The third-order valence-electron chi connectivity index (χ3n) is 2.40. The topological polar surface area (TPSA) is 64.6 Å². The second-order valence-corrected chi connectivity index (χ2v) is 5.10. The van der Waals surface area contributed by atoms with Crippen molar-refractivity contribution in [2.75, 3.05) is 0 Å². The third-order valence-corrected chi connectivity index (χ3v) is 2.40. The van der Waals surface area contributed by atoms with E-state index < -0.39 is 11.7 Å². The highest BCUT2D eigenvalue weighted by molar-refractivity contribution is 5.77. The fraction of sp³-hybridized carbons (Fsp3) is 0.818. The van der Waals surface area contributed by atoms with Crippen LogP contribution in [0.4, 0.5) is 4.79 Å². The zero-order valence-corrected chi connectivity index (χ0v) is 10.4. The van der Waals surface area contributed by atoms with Crippen LogP contribution >= 0.6 is 0 Å². The number of carbonyl (C=O) groups excluding carboxylic acids is 2. The monoisotopic (exact) mass is 229 g/mol. The van der Waals surface area contributed by atoms with Crippen LogP contribution in [0.2, 0.25) is 0 Å². The normalized spacial score (nSPS) is 29.8.